The summed E-state index contributed by atoms with van der Waals surface area (Å²) in [4.78, 5) is 10.5. The third-order valence-electron chi connectivity index (χ3n) is 1.85. The van der Waals surface area contributed by atoms with Crippen molar-refractivity contribution < 1.29 is 4.79 Å². The number of benzene rings is 1. The Labute approximate surface area is 82.9 Å². The first kappa shape index (κ1) is 10.2. The Balaban J connectivity index is 2.49. The fourth-order valence-corrected chi connectivity index (χ4v) is 1.17. The third-order valence-corrected chi connectivity index (χ3v) is 1.98. The predicted octanol–water partition coefficient (Wildman–Crippen LogP) is 2.10. The lowest BCUT2D eigenvalue weighted by Crippen LogP contribution is -2.23. The van der Waals surface area contributed by atoms with Crippen LogP contribution < -0.4 is 5.32 Å². The number of hydrogen-bond acceptors (Lipinski definition) is 2. The summed E-state index contributed by atoms with van der Waals surface area (Å²) in [7, 11) is 0. The third kappa shape index (κ3) is 3.57. The quantitative estimate of drug-likeness (QED) is 0.750. The first-order chi connectivity index (χ1) is 6.20. The predicted molar refractivity (Wildman–Crippen MR) is 53.7 cm³/mol. The van der Waals surface area contributed by atoms with Crippen molar-refractivity contribution in [2.24, 2.45) is 0 Å². The molecule has 0 radical (unpaired) electrons. The standard InChI is InChI=1S/C10H12ClNO/c1-8(12-7-10(11)13)9-5-3-2-4-6-9/h2-6,8,12H,7H2,1H3. The molecule has 0 aliphatic heterocycles. The minimum Gasteiger partial charge on any atom is -0.302 e. The molecule has 0 heterocycles. The van der Waals surface area contributed by atoms with Gasteiger partial charge in [-0.2, -0.15) is 0 Å². The molecule has 1 aromatic carbocycles. The molecule has 1 unspecified atom stereocenters. The molecule has 0 saturated heterocycles. The molecular weight excluding hydrogens is 186 g/mol. The highest BCUT2D eigenvalue weighted by Gasteiger charge is 2.04. The second-order valence-corrected chi connectivity index (χ2v) is 3.29. The number of carbonyl (C=O) groups is 1. The van der Waals surface area contributed by atoms with Crippen molar-refractivity contribution in [3.8, 4) is 0 Å². The zero-order valence-corrected chi connectivity index (χ0v) is 8.21. The van der Waals surface area contributed by atoms with Crippen LogP contribution >= 0.6 is 11.6 Å². The summed E-state index contributed by atoms with van der Waals surface area (Å²) in [5.74, 6) is 0. The van der Waals surface area contributed by atoms with E-state index in [1.165, 1.54) is 0 Å². The van der Waals surface area contributed by atoms with Crippen molar-refractivity contribution in [1.82, 2.24) is 5.32 Å². The number of halogens is 1. The highest BCUT2D eigenvalue weighted by molar-refractivity contribution is 6.64. The lowest BCUT2D eigenvalue weighted by Gasteiger charge is -2.11. The van der Waals surface area contributed by atoms with Gasteiger partial charge in [-0.3, -0.25) is 4.79 Å². The van der Waals surface area contributed by atoms with Gasteiger partial charge in [0.25, 0.3) is 0 Å². The summed E-state index contributed by atoms with van der Waals surface area (Å²) in [6.45, 7) is 2.20. The Morgan fingerprint density at radius 2 is 2.08 bits per heavy atom. The molecule has 3 heteroatoms. The summed E-state index contributed by atoms with van der Waals surface area (Å²) < 4.78 is 0. The highest BCUT2D eigenvalue weighted by atomic mass is 35.5. The molecule has 70 valence electrons. The second kappa shape index (κ2) is 5.00. The fraction of sp³-hybridized carbons (Fsp3) is 0.300. The first-order valence-corrected chi connectivity index (χ1v) is 4.54. The van der Waals surface area contributed by atoms with E-state index in [1.807, 2.05) is 37.3 Å². The summed E-state index contributed by atoms with van der Waals surface area (Å²) >= 11 is 5.21. The number of nitrogens with one attached hydrogen (secondary N) is 1. The highest BCUT2D eigenvalue weighted by Crippen LogP contribution is 2.10. The molecule has 0 fully saturated rings. The molecule has 0 spiro atoms. The molecule has 0 saturated carbocycles. The monoisotopic (exact) mass is 197 g/mol. The van der Waals surface area contributed by atoms with Crippen molar-refractivity contribution in [2.45, 2.75) is 13.0 Å². The van der Waals surface area contributed by atoms with Gasteiger partial charge in [0.05, 0.1) is 6.54 Å². The van der Waals surface area contributed by atoms with Gasteiger partial charge < -0.3 is 5.32 Å². The minimum atomic E-state index is -0.359. The van der Waals surface area contributed by atoms with Gasteiger partial charge in [-0.1, -0.05) is 30.3 Å². The van der Waals surface area contributed by atoms with Crippen molar-refractivity contribution in [3.05, 3.63) is 35.9 Å². The lowest BCUT2D eigenvalue weighted by atomic mass is 10.1. The zero-order chi connectivity index (χ0) is 9.68. The van der Waals surface area contributed by atoms with Gasteiger partial charge >= 0.3 is 0 Å². The Hall–Kier alpha value is -0.860. The van der Waals surface area contributed by atoms with E-state index in [0.29, 0.717) is 0 Å². The van der Waals surface area contributed by atoms with Crippen LogP contribution in [-0.2, 0) is 4.79 Å². The lowest BCUT2D eigenvalue weighted by molar-refractivity contribution is -0.111. The fourth-order valence-electron chi connectivity index (χ4n) is 1.09. The smallest absolute Gasteiger partial charge is 0.235 e. The van der Waals surface area contributed by atoms with E-state index in [0.717, 1.165) is 5.56 Å². The van der Waals surface area contributed by atoms with Gasteiger partial charge in [-0.15, -0.1) is 0 Å². The first-order valence-electron chi connectivity index (χ1n) is 4.17. The molecular formula is C10H12ClNO. The zero-order valence-electron chi connectivity index (χ0n) is 7.46. The van der Waals surface area contributed by atoms with E-state index < -0.39 is 0 Å². The SMILES string of the molecule is CC(NCC(=O)Cl)c1ccccc1. The van der Waals surface area contributed by atoms with Gasteiger partial charge in [0, 0.05) is 6.04 Å². The van der Waals surface area contributed by atoms with E-state index in [-0.39, 0.29) is 17.8 Å². The largest absolute Gasteiger partial charge is 0.302 e. The number of hydrogen-bond donors (Lipinski definition) is 1. The van der Waals surface area contributed by atoms with E-state index in [4.69, 9.17) is 11.6 Å². The van der Waals surface area contributed by atoms with E-state index >= 15 is 0 Å². The van der Waals surface area contributed by atoms with Gasteiger partial charge in [-0.05, 0) is 24.1 Å². The minimum absolute atomic E-state index is 0.156. The topological polar surface area (TPSA) is 29.1 Å². The maximum Gasteiger partial charge on any atom is 0.235 e. The van der Waals surface area contributed by atoms with Crippen LogP contribution in [0.5, 0.6) is 0 Å². The normalized spacial score (nSPS) is 12.5. The Bertz CT molecular complexity index is 274. The van der Waals surface area contributed by atoms with E-state index in [2.05, 4.69) is 5.32 Å². The Kier molecular flexibility index (Phi) is 3.93. The van der Waals surface area contributed by atoms with Crippen molar-refractivity contribution >= 4 is 16.8 Å². The van der Waals surface area contributed by atoms with Gasteiger partial charge in [0.15, 0.2) is 0 Å². The Morgan fingerprint density at radius 1 is 1.46 bits per heavy atom. The molecule has 0 amide bonds. The van der Waals surface area contributed by atoms with Crippen LogP contribution in [0.4, 0.5) is 0 Å². The molecule has 0 aromatic heterocycles. The molecule has 1 N–H and O–H groups in total. The maximum atomic E-state index is 10.5. The molecule has 0 aliphatic carbocycles. The second-order valence-electron chi connectivity index (χ2n) is 2.87. The van der Waals surface area contributed by atoms with Gasteiger partial charge in [0.1, 0.15) is 0 Å². The molecule has 0 bridgehead atoms. The average molecular weight is 198 g/mol. The summed E-state index contributed by atoms with van der Waals surface area (Å²) in [5.41, 5.74) is 1.15. The molecule has 13 heavy (non-hydrogen) atoms. The molecule has 0 aliphatic rings. The van der Waals surface area contributed by atoms with Crippen LogP contribution in [0.15, 0.2) is 30.3 Å². The van der Waals surface area contributed by atoms with Crippen LogP contribution in [-0.4, -0.2) is 11.8 Å². The van der Waals surface area contributed by atoms with Crippen LogP contribution in [0.25, 0.3) is 0 Å². The van der Waals surface area contributed by atoms with Crippen LogP contribution in [0, 0.1) is 0 Å². The van der Waals surface area contributed by atoms with E-state index in [1.54, 1.807) is 0 Å². The van der Waals surface area contributed by atoms with Crippen LogP contribution in [0.2, 0.25) is 0 Å². The van der Waals surface area contributed by atoms with Gasteiger partial charge in [0.2, 0.25) is 5.24 Å². The summed E-state index contributed by atoms with van der Waals surface area (Å²) in [6.07, 6.45) is 0. The number of carbonyl (C=O) groups excluding carboxylic acids is 1. The van der Waals surface area contributed by atoms with Crippen LogP contribution in [0.1, 0.15) is 18.5 Å². The van der Waals surface area contributed by atoms with Crippen molar-refractivity contribution in [3.63, 3.8) is 0 Å². The van der Waals surface area contributed by atoms with Crippen molar-refractivity contribution in [1.29, 1.82) is 0 Å². The van der Waals surface area contributed by atoms with E-state index in [9.17, 15) is 4.79 Å². The summed E-state index contributed by atoms with van der Waals surface area (Å²) in [5, 5.41) is 2.66. The number of rotatable bonds is 4. The summed E-state index contributed by atoms with van der Waals surface area (Å²) in [6, 6.07) is 10.1. The van der Waals surface area contributed by atoms with Crippen LogP contribution in [0.3, 0.4) is 0 Å². The molecule has 1 rings (SSSR count). The molecule has 1 atom stereocenters. The average Bonchev–Trinajstić information content (AvgIpc) is 2.15. The molecule has 1 aromatic rings. The molecule has 2 nitrogen and oxygen atoms in total. The maximum absolute atomic E-state index is 10.5. The van der Waals surface area contributed by atoms with Crippen molar-refractivity contribution in [2.75, 3.05) is 6.54 Å². The van der Waals surface area contributed by atoms with Gasteiger partial charge in [-0.25, -0.2) is 0 Å². The Morgan fingerprint density at radius 3 is 2.62 bits per heavy atom.